The maximum absolute atomic E-state index is 9.00. The number of aromatic nitrogens is 1. The van der Waals surface area contributed by atoms with E-state index in [1.54, 1.807) is 18.2 Å². The Bertz CT molecular complexity index is 585. The summed E-state index contributed by atoms with van der Waals surface area (Å²) in [6.45, 7) is 2.56. The summed E-state index contributed by atoms with van der Waals surface area (Å²) in [7, 11) is 0. The molecule has 0 fully saturated rings. The van der Waals surface area contributed by atoms with Crippen LogP contribution in [-0.4, -0.2) is 4.98 Å². The van der Waals surface area contributed by atoms with E-state index in [2.05, 4.69) is 16.4 Å². The Morgan fingerprint density at radius 1 is 1.33 bits per heavy atom. The third kappa shape index (κ3) is 2.99. The van der Waals surface area contributed by atoms with Crippen molar-refractivity contribution in [2.45, 2.75) is 13.5 Å². The van der Waals surface area contributed by atoms with Crippen LogP contribution in [0.3, 0.4) is 0 Å². The van der Waals surface area contributed by atoms with E-state index in [0.717, 1.165) is 16.9 Å². The highest BCUT2D eigenvalue weighted by Crippen LogP contribution is 2.20. The molecule has 1 aromatic carbocycles. The second-order valence-corrected chi connectivity index (χ2v) is 4.40. The third-order valence-corrected chi connectivity index (χ3v) is 2.79. The highest BCUT2D eigenvalue weighted by molar-refractivity contribution is 6.30. The fraction of sp³-hybridized carbons (Fsp3) is 0.143. The highest BCUT2D eigenvalue weighted by Gasteiger charge is 2.02. The average Bonchev–Trinajstić information content (AvgIpc) is 2.38. The number of benzene rings is 1. The summed E-state index contributed by atoms with van der Waals surface area (Å²) in [5, 5.41) is 12.8. The molecule has 0 saturated carbocycles. The molecule has 0 aliphatic rings. The molecule has 0 amide bonds. The number of rotatable bonds is 3. The molecule has 3 nitrogen and oxygen atoms in total. The summed E-state index contributed by atoms with van der Waals surface area (Å²) in [5.74, 6) is 0. The van der Waals surface area contributed by atoms with Crippen molar-refractivity contribution in [1.29, 1.82) is 5.26 Å². The van der Waals surface area contributed by atoms with Gasteiger partial charge in [-0.15, -0.1) is 0 Å². The molecule has 1 aromatic heterocycles. The molecule has 2 aromatic rings. The molecular weight excluding hydrogens is 246 g/mol. The van der Waals surface area contributed by atoms with E-state index in [4.69, 9.17) is 16.9 Å². The third-order valence-electron chi connectivity index (χ3n) is 2.56. The molecular formula is C14H12ClN3. The molecule has 1 N–H and O–H groups in total. The molecule has 0 unspecified atom stereocenters. The first-order chi connectivity index (χ1) is 8.69. The first kappa shape index (κ1) is 12.4. The number of hydrogen-bond acceptors (Lipinski definition) is 3. The van der Waals surface area contributed by atoms with Gasteiger partial charge in [0.2, 0.25) is 0 Å². The smallest absolute Gasteiger partial charge is 0.101 e. The molecule has 18 heavy (non-hydrogen) atoms. The zero-order valence-electron chi connectivity index (χ0n) is 9.94. The van der Waals surface area contributed by atoms with Gasteiger partial charge in [-0.2, -0.15) is 5.26 Å². The first-order valence-electron chi connectivity index (χ1n) is 5.54. The van der Waals surface area contributed by atoms with Crippen LogP contribution in [0.2, 0.25) is 5.02 Å². The summed E-state index contributed by atoms with van der Waals surface area (Å²) >= 11 is 5.91. The number of nitrogens with zero attached hydrogens (tertiary/aromatic N) is 2. The predicted molar refractivity (Wildman–Crippen MR) is 72.5 cm³/mol. The van der Waals surface area contributed by atoms with Crippen molar-refractivity contribution < 1.29 is 0 Å². The number of halogens is 1. The Hall–Kier alpha value is -2.05. The molecule has 0 spiro atoms. The van der Waals surface area contributed by atoms with Crippen LogP contribution >= 0.6 is 11.6 Å². The summed E-state index contributed by atoms with van der Waals surface area (Å²) in [6.07, 6.45) is 1.82. The summed E-state index contributed by atoms with van der Waals surface area (Å²) in [5.41, 5.74) is 3.37. The van der Waals surface area contributed by atoms with E-state index < -0.39 is 0 Å². The summed E-state index contributed by atoms with van der Waals surface area (Å²) in [6, 6.07) is 11.3. The predicted octanol–water partition coefficient (Wildman–Crippen LogP) is 3.53. The van der Waals surface area contributed by atoms with Crippen LogP contribution in [0.4, 0.5) is 5.69 Å². The molecule has 0 aliphatic heterocycles. The lowest BCUT2D eigenvalue weighted by Crippen LogP contribution is -2.01. The van der Waals surface area contributed by atoms with Crippen LogP contribution in [0, 0.1) is 18.3 Å². The minimum absolute atomic E-state index is 0.583. The van der Waals surface area contributed by atoms with Crippen LogP contribution in [0.5, 0.6) is 0 Å². The van der Waals surface area contributed by atoms with Gasteiger partial charge in [-0.1, -0.05) is 17.7 Å². The van der Waals surface area contributed by atoms with Crippen molar-refractivity contribution in [2.75, 3.05) is 5.32 Å². The Kier molecular flexibility index (Phi) is 3.81. The lowest BCUT2D eigenvalue weighted by Gasteiger charge is -2.08. The van der Waals surface area contributed by atoms with Crippen molar-refractivity contribution in [1.82, 2.24) is 4.98 Å². The highest BCUT2D eigenvalue weighted by atomic mass is 35.5. The van der Waals surface area contributed by atoms with Gasteiger partial charge in [0.05, 0.1) is 11.3 Å². The lowest BCUT2D eigenvalue weighted by atomic mass is 10.2. The standard InChI is InChI=1S/C14H12ClN3/c1-10-2-3-11(8-17-10)9-18-14-6-13(15)5-4-12(14)7-16/h2-6,8,18H,9H2,1H3. The number of anilines is 1. The van der Waals surface area contributed by atoms with Gasteiger partial charge in [-0.3, -0.25) is 4.98 Å². The van der Waals surface area contributed by atoms with Gasteiger partial charge < -0.3 is 5.32 Å². The zero-order chi connectivity index (χ0) is 13.0. The second-order valence-electron chi connectivity index (χ2n) is 3.96. The Morgan fingerprint density at radius 3 is 2.83 bits per heavy atom. The van der Waals surface area contributed by atoms with Crippen LogP contribution in [-0.2, 0) is 6.54 Å². The molecule has 1 heterocycles. The topological polar surface area (TPSA) is 48.7 Å². The Morgan fingerprint density at radius 2 is 2.17 bits per heavy atom. The molecule has 0 saturated heterocycles. The van der Waals surface area contributed by atoms with Crippen LogP contribution in [0.25, 0.3) is 0 Å². The Labute approximate surface area is 111 Å². The summed E-state index contributed by atoms with van der Waals surface area (Å²) < 4.78 is 0. The van der Waals surface area contributed by atoms with E-state index in [1.165, 1.54) is 0 Å². The Balaban J connectivity index is 2.13. The molecule has 0 aliphatic carbocycles. The number of nitrogens with one attached hydrogen (secondary N) is 1. The maximum Gasteiger partial charge on any atom is 0.101 e. The van der Waals surface area contributed by atoms with Gasteiger partial charge >= 0.3 is 0 Å². The van der Waals surface area contributed by atoms with Crippen molar-refractivity contribution in [3.05, 3.63) is 58.4 Å². The first-order valence-corrected chi connectivity index (χ1v) is 5.92. The largest absolute Gasteiger partial charge is 0.380 e. The van der Waals surface area contributed by atoms with Gasteiger partial charge in [0.25, 0.3) is 0 Å². The van der Waals surface area contributed by atoms with E-state index in [0.29, 0.717) is 17.1 Å². The number of nitriles is 1. The average molecular weight is 258 g/mol. The van der Waals surface area contributed by atoms with Gasteiger partial charge in [-0.05, 0) is 36.8 Å². The fourth-order valence-electron chi connectivity index (χ4n) is 1.56. The van der Waals surface area contributed by atoms with E-state index in [1.807, 2.05) is 25.3 Å². The zero-order valence-corrected chi connectivity index (χ0v) is 10.7. The molecule has 4 heteroatoms. The molecule has 0 radical (unpaired) electrons. The monoisotopic (exact) mass is 257 g/mol. The van der Waals surface area contributed by atoms with Crippen molar-refractivity contribution >= 4 is 17.3 Å². The van der Waals surface area contributed by atoms with Crippen molar-refractivity contribution in [3.63, 3.8) is 0 Å². The molecule has 2 rings (SSSR count). The SMILES string of the molecule is Cc1ccc(CNc2cc(Cl)ccc2C#N)cn1. The molecule has 90 valence electrons. The van der Waals surface area contributed by atoms with E-state index >= 15 is 0 Å². The normalized spacial score (nSPS) is 9.83. The van der Waals surface area contributed by atoms with Gasteiger partial charge in [0.15, 0.2) is 0 Å². The van der Waals surface area contributed by atoms with E-state index in [-0.39, 0.29) is 0 Å². The van der Waals surface area contributed by atoms with Gasteiger partial charge in [0.1, 0.15) is 6.07 Å². The maximum atomic E-state index is 9.00. The minimum Gasteiger partial charge on any atom is -0.380 e. The number of hydrogen-bond donors (Lipinski definition) is 1. The van der Waals surface area contributed by atoms with Crippen LogP contribution < -0.4 is 5.32 Å². The fourth-order valence-corrected chi connectivity index (χ4v) is 1.73. The van der Waals surface area contributed by atoms with Crippen LogP contribution in [0.15, 0.2) is 36.5 Å². The van der Waals surface area contributed by atoms with Gasteiger partial charge in [-0.25, -0.2) is 0 Å². The molecule has 0 bridgehead atoms. The lowest BCUT2D eigenvalue weighted by molar-refractivity contribution is 1.08. The number of aryl methyl sites for hydroxylation is 1. The number of pyridine rings is 1. The van der Waals surface area contributed by atoms with Gasteiger partial charge in [0, 0.05) is 23.5 Å². The quantitative estimate of drug-likeness (QED) is 0.915. The summed E-state index contributed by atoms with van der Waals surface area (Å²) in [4.78, 5) is 4.22. The molecule has 0 atom stereocenters. The van der Waals surface area contributed by atoms with Crippen molar-refractivity contribution in [3.8, 4) is 6.07 Å². The van der Waals surface area contributed by atoms with Crippen molar-refractivity contribution in [2.24, 2.45) is 0 Å². The van der Waals surface area contributed by atoms with Crippen LogP contribution in [0.1, 0.15) is 16.8 Å². The van der Waals surface area contributed by atoms with E-state index in [9.17, 15) is 0 Å². The second kappa shape index (κ2) is 5.52. The minimum atomic E-state index is 0.583.